The summed E-state index contributed by atoms with van der Waals surface area (Å²) in [6.45, 7) is 4.48. The number of rotatable bonds is 5. The van der Waals surface area contributed by atoms with Gasteiger partial charge in [0.25, 0.3) is 11.5 Å². The third kappa shape index (κ3) is 3.85. The number of hydrogen-bond donors (Lipinski definition) is 2. The van der Waals surface area contributed by atoms with Gasteiger partial charge in [0.15, 0.2) is 0 Å². The van der Waals surface area contributed by atoms with Crippen LogP contribution < -0.4 is 10.9 Å². The lowest BCUT2D eigenvalue weighted by molar-refractivity contribution is 0.0947. The smallest absolute Gasteiger partial charge is 0.261 e. The monoisotopic (exact) mass is 336 g/mol. The maximum Gasteiger partial charge on any atom is 0.261 e. The predicted octanol–water partition coefficient (Wildman–Crippen LogP) is 2.17. The average Bonchev–Trinajstić information content (AvgIpc) is 3.00. The van der Waals surface area contributed by atoms with E-state index in [0.29, 0.717) is 12.1 Å². The van der Waals surface area contributed by atoms with Gasteiger partial charge in [0.2, 0.25) is 0 Å². The molecule has 3 aromatic rings. The number of benzene rings is 1. The molecule has 0 spiro atoms. The highest BCUT2D eigenvalue weighted by Crippen LogP contribution is 2.07. The number of hydrogen-bond acceptors (Lipinski definition) is 3. The molecule has 0 unspecified atom stereocenters. The van der Waals surface area contributed by atoms with Gasteiger partial charge < -0.3 is 14.9 Å². The van der Waals surface area contributed by atoms with E-state index in [4.69, 9.17) is 0 Å². The summed E-state index contributed by atoms with van der Waals surface area (Å²) < 4.78 is 1.97. The highest BCUT2D eigenvalue weighted by atomic mass is 16.2. The van der Waals surface area contributed by atoms with E-state index in [-0.39, 0.29) is 17.7 Å². The van der Waals surface area contributed by atoms with Crippen LogP contribution in [0.5, 0.6) is 0 Å². The number of amides is 1. The number of carbonyl (C=O) groups excluding carboxylic acids is 1. The zero-order valence-corrected chi connectivity index (χ0v) is 14.2. The van der Waals surface area contributed by atoms with Gasteiger partial charge in [-0.2, -0.15) is 0 Å². The molecule has 0 bridgehead atoms. The molecule has 6 heteroatoms. The van der Waals surface area contributed by atoms with Crippen molar-refractivity contribution in [3.63, 3.8) is 0 Å². The van der Waals surface area contributed by atoms with Crippen molar-refractivity contribution >= 4 is 5.91 Å². The van der Waals surface area contributed by atoms with Crippen LogP contribution >= 0.6 is 0 Å². The molecule has 0 aliphatic carbocycles. The summed E-state index contributed by atoms with van der Waals surface area (Å²) in [5, 5.41) is 2.79. The maximum absolute atomic E-state index is 12.4. The number of aromatic amines is 1. The van der Waals surface area contributed by atoms with Crippen LogP contribution in [0.2, 0.25) is 0 Å². The van der Waals surface area contributed by atoms with Crippen LogP contribution in [0.4, 0.5) is 0 Å². The number of aromatic nitrogens is 3. The summed E-state index contributed by atoms with van der Waals surface area (Å²) in [6.07, 6.45) is 3.58. The molecule has 2 aromatic heterocycles. The molecule has 2 N–H and O–H groups in total. The molecule has 2 heterocycles. The Kier molecular flexibility index (Phi) is 4.79. The Morgan fingerprint density at radius 3 is 2.72 bits per heavy atom. The van der Waals surface area contributed by atoms with Gasteiger partial charge in [-0.15, -0.1) is 0 Å². The summed E-state index contributed by atoms with van der Waals surface area (Å²) >= 11 is 0. The molecule has 0 atom stereocenters. The average molecular weight is 336 g/mol. The normalized spacial score (nSPS) is 10.6. The molecule has 128 valence electrons. The van der Waals surface area contributed by atoms with Crippen molar-refractivity contribution in [1.82, 2.24) is 19.9 Å². The topological polar surface area (TPSA) is 79.8 Å². The molecule has 0 aliphatic heterocycles. The molecule has 0 fully saturated rings. The summed E-state index contributed by atoms with van der Waals surface area (Å²) in [4.78, 5) is 31.4. The number of H-pyrrole nitrogens is 1. The molecule has 0 saturated heterocycles. The van der Waals surface area contributed by atoms with Crippen molar-refractivity contribution in [2.75, 3.05) is 0 Å². The molecular weight excluding hydrogens is 316 g/mol. The van der Waals surface area contributed by atoms with Crippen LogP contribution in [0.3, 0.4) is 0 Å². The number of nitrogens with one attached hydrogen (secondary N) is 2. The highest BCUT2D eigenvalue weighted by Gasteiger charge is 2.15. The van der Waals surface area contributed by atoms with E-state index in [1.807, 2.05) is 41.1 Å². The van der Waals surface area contributed by atoms with Crippen molar-refractivity contribution in [3.8, 4) is 0 Å². The van der Waals surface area contributed by atoms with Crippen LogP contribution in [0, 0.1) is 13.8 Å². The van der Waals surface area contributed by atoms with Crippen molar-refractivity contribution < 1.29 is 4.79 Å². The number of aryl methyl sites for hydroxylation is 2. The van der Waals surface area contributed by atoms with Gasteiger partial charge in [0, 0.05) is 24.6 Å². The molecule has 0 saturated carbocycles. The van der Waals surface area contributed by atoms with Gasteiger partial charge >= 0.3 is 0 Å². The standard InChI is InChI=1S/C19H20N4O2/c1-13-10-14(2)22-19(25)17(13)18(24)21-11-16-20-8-9-23(16)12-15-6-4-3-5-7-15/h3-10H,11-12H2,1-2H3,(H,21,24)(H,22,25). The summed E-state index contributed by atoms with van der Waals surface area (Å²) in [5.74, 6) is 0.339. The quantitative estimate of drug-likeness (QED) is 0.749. The van der Waals surface area contributed by atoms with Crippen LogP contribution in [-0.4, -0.2) is 20.4 Å². The van der Waals surface area contributed by atoms with E-state index < -0.39 is 5.91 Å². The van der Waals surface area contributed by atoms with E-state index >= 15 is 0 Å². The van der Waals surface area contributed by atoms with Gasteiger partial charge in [-0.3, -0.25) is 9.59 Å². The second-order valence-electron chi connectivity index (χ2n) is 5.98. The Bertz CT molecular complexity index is 942. The first-order valence-electron chi connectivity index (χ1n) is 8.07. The second kappa shape index (κ2) is 7.17. The predicted molar refractivity (Wildman–Crippen MR) is 95.5 cm³/mol. The zero-order valence-electron chi connectivity index (χ0n) is 14.2. The van der Waals surface area contributed by atoms with E-state index in [2.05, 4.69) is 15.3 Å². The summed E-state index contributed by atoms with van der Waals surface area (Å²) in [5.41, 5.74) is 2.32. The van der Waals surface area contributed by atoms with Gasteiger partial charge in [-0.05, 0) is 31.0 Å². The molecule has 25 heavy (non-hydrogen) atoms. The minimum Gasteiger partial charge on any atom is -0.345 e. The molecule has 6 nitrogen and oxygen atoms in total. The van der Waals surface area contributed by atoms with Crippen molar-refractivity contribution in [2.24, 2.45) is 0 Å². The number of carbonyl (C=O) groups is 1. The first kappa shape index (κ1) is 16.7. The summed E-state index contributed by atoms with van der Waals surface area (Å²) in [6, 6.07) is 11.8. The van der Waals surface area contributed by atoms with Crippen LogP contribution in [0.25, 0.3) is 0 Å². The zero-order chi connectivity index (χ0) is 17.8. The highest BCUT2D eigenvalue weighted by molar-refractivity contribution is 5.95. The lowest BCUT2D eigenvalue weighted by Crippen LogP contribution is -2.31. The number of nitrogens with zero attached hydrogens (tertiary/aromatic N) is 2. The van der Waals surface area contributed by atoms with Crippen molar-refractivity contribution in [2.45, 2.75) is 26.9 Å². The Labute approximate surface area is 145 Å². The number of imidazole rings is 1. The van der Waals surface area contributed by atoms with Gasteiger partial charge in [-0.1, -0.05) is 30.3 Å². The van der Waals surface area contributed by atoms with Crippen molar-refractivity contribution in [3.05, 3.63) is 87.4 Å². The van der Waals surface area contributed by atoms with Gasteiger partial charge in [0.05, 0.1) is 6.54 Å². The first-order chi connectivity index (χ1) is 12.0. The fourth-order valence-electron chi connectivity index (χ4n) is 2.81. The summed E-state index contributed by atoms with van der Waals surface area (Å²) in [7, 11) is 0. The second-order valence-corrected chi connectivity index (χ2v) is 5.98. The lowest BCUT2D eigenvalue weighted by atomic mass is 10.1. The minimum atomic E-state index is -0.395. The van der Waals surface area contributed by atoms with E-state index in [9.17, 15) is 9.59 Å². The van der Waals surface area contributed by atoms with Gasteiger partial charge in [-0.25, -0.2) is 4.98 Å². The maximum atomic E-state index is 12.4. The third-order valence-corrected chi connectivity index (χ3v) is 4.00. The molecular formula is C19H20N4O2. The minimum absolute atomic E-state index is 0.145. The SMILES string of the molecule is Cc1cc(C)c(C(=O)NCc2nccn2Cc2ccccc2)c(=O)[nH]1. The van der Waals surface area contributed by atoms with E-state index in [1.54, 1.807) is 26.1 Å². The Morgan fingerprint density at radius 1 is 1.24 bits per heavy atom. The Hall–Kier alpha value is -3.15. The Balaban J connectivity index is 1.72. The van der Waals surface area contributed by atoms with Crippen LogP contribution in [-0.2, 0) is 13.1 Å². The van der Waals surface area contributed by atoms with E-state index in [0.717, 1.165) is 17.1 Å². The van der Waals surface area contributed by atoms with Crippen LogP contribution in [0.15, 0.2) is 53.6 Å². The van der Waals surface area contributed by atoms with E-state index in [1.165, 1.54) is 0 Å². The van der Waals surface area contributed by atoms with Crippen molar-refractivity contribution in [1.29, 1.82) is 0 Å². The first-order valence-corrected chi connectivity index (χ1v) is 8.07. The fourth-order valence-corrected chi connectivity index (χ4v) is 2.81. The number of pyridine rings is 1. The third-order valence-electron chi connectivity index (χ3n) is 4.00. The van der Waals surface area contributed by atoms with Crippen LogP contribution in [0.1, 0.15) is 33.0 Å². The molecule has 0 radical (unpaired) electrons. The lowest BCUT2D eigenvalue weighted by Gasteiger charge is -2.10. The molecule has 1 amide bonds. The molecule has 1 aromatic carbocycles. The Morgan fingerprint density at radius 2 is 2.00 bits per heavy atom. The largest absolute Gasteiger partial charge is 0.345 e. The van der Waals surface area contributed by atoms with Gasteiger partial charge in [0.1, 0.15) is 11.4 Å². The molecule has 3 rings (SSSR count). The molecule has 0 aliphatic rings. The fraction of sp³-hybridized carbons (Fsp3) is 0.211.